The fourth-order valence-electron chi connectivity index (χ4n) is 1.93. The maximum atomic E-state index is 12.0. The zero-order valence-electron chi connectivity index (χ0n) is 10.1. The SMILES string of the molecule is CCN(CC1CCC1)S(=O)(=O)CCCCO. The van der Waals surface area contributed by atoms with Gasteiger partial charge in [0.2, 0.25) is 10.0 Å². The molecule has 1 aliphatic rings. The van der Waals surface area contributed by atoms with E-state index in [1.54, 1.807) is 4.31 Å². The van der Waals surface area contributed by atoms with Crippen molar-refractivity contribution in [1.82, 2.24) is 4.31 Å². The van der Waals surface area contributed by atoms with Gasteiger partial charge in [-0.2, -0.15) is 0 Å². The van der Waals surface area contributed by atoms with E-state index in [-0.39, 0.29) is 12.4 Å². The fraction of sp³-hybridized carbons (Fsp3) is 1.00. The minimum Gasteiger partial charge on any atom is -0.396 e. The molecule has 0 saturated heterocycles. The van der Waals surface area contributed by atoms with Crippen LogP contribution in [-0.4, -0.2) is 43.3 Å². The third kappa shape index (κ3) is 4.03. The summed E-state index contributed by atoms with van der Waals surface area (Å²) in [5.74, 6) is 0.751. The van der Waals surface area contributed by atoms with Gasteiger partial charge in [-0.25, -0.2) is 12.7 Å². The molecule has 0 bridgehead atoms. The van der Waals surface area contributed by atoms with Crippen molar-refractivity contribution in [1.29, 1.82) is 0 Å². The van der Waals surface area contributed by atoms with Gasteiger partial charge in [-0.15, -0.1) is 0 Å². The van der Waals surface area contributed by atoms with E-state index < -0.39 is 10.0 Å². The summed E-state index contributed by atoms with van der Waals surface area (Å²) in [6.07, 6.45) is 4.71. The van der Waals surface area contributed by atoms with Crippen molar-refractivity contribution in [2.75, 3.05) is 25.4 Å². The van der Waals surface area contributed by atoms with E-state index in [9.17, 15) is 8.42 Å². The molecule has 1 saturated carbocycles. The summed E-state index contributed by atoms with van der Waals surface area (Å²) in [4.78, 5) is 0. The van der Waals surface area contributed by atoms with E-state index >= 15 is 0 Å². The van der Waals surface area contributed by atoms with Crippen molar-refractivity contribution >= 4 is 10.0 Å². The Morgan fingerprint density at radius 2 is 2.00 bits per heavy atom. The average Bonchev–Trinajstić information content (AvgIpc) is 2.16. The van der Waals surface area contributed by atoms with Gasteiger partial charge in [0.05, 0.1) is 5.75 Å². The van der Waals surface area contributed by atoms with E-state index in [1.165, 1.54) is 19.3 Å². The molecule has 0 amide bonds. The van der Waals surface area contributed by atoms with Crippen molar-refractivity contribution in [2.45, 2.75) is 39.0 Å². The van der Waals surface area contributed by atoms with Crippen LogP contribution in [0.15, 0.2) is 0 Å². The highest BCUT2D eigenvalue weighted by Gasteiger charge is 2.26. The largest absolute Gasteiger partial charge is 0.396 e. The Morgan fingerprint density at radius 1 is 1.31 bits per heavy atom. The van der Waals surface area contributed by atoms with Gasteiger partial charge in [-0.3, -0.25) is 0 Å². The Morgan fingerprint density at radius 3 is 2.44 bits per heavy atom. The molecule has 0 aliphatic heterocycles. The van der Waals surface area contributed by atoms with Gasteiger partial charge in [-0.05, 0) is 31.6 Å². The molecule has 16 heavy (non-hydrogen) atoms. The van der Waals surface area contributed by atoms with Crippen LogP contribution < -0.4 is 0 Å². The van der Waals surface area contributed by atoms with Gasteiger partial charge < -0.3 is 5.11 Å². The molecule has 0 heterocycles. The van der Waals surface area contributed by atoms with Crippen molar-refractivity contribution < 1.29 is 13.5 Å². The zero-order valence-corrected chi connectivity index (χ0v) is 10.9. The van der Waals surface area contributed by atoms with Gasteiger partial charge >= 0.3 is 0 Å². The summed E-state index contributed by atoms with van der Waals surface area (Å²) in [5.41, 5.74) is 0. The quantitative estimate of drug-likeness (QED) is 0.658. The van der Waals surface area contributed by atoms with Crippen LogP contribution in [0.1, 0.15) is 39.0 Å². The van der Waals surface area contributed by atoms with E-state index in [0.717, 1.165) is 0 Å². The Balaban J connectivity index is 2.41. The molecular weight excluding hydrogens is 226 g/mol. The molecule has 0 aromatic heterocycles. The fourth-order valence-corrected chi connectivity index (χ4v) is 3.59. The summed E-state index contributed by atoms with van der Waals surface area (Å²) >= 11 is 0. The first kappa shape index (κ1) is 13.9. The molecule has 0 spiro atoms. The average molecular weight is 249 g/mol. The Bertz CT molecular complexity index is 286. The molecule has 96 valence electrons. The molecule has 0 unspecified atom stereocenters. The molecule has 5 heteroatoms. The smallest absolute Gasteiger partial charge is 0.214 e. The maximum Gasteiger partial charge on any atom is 0.214 e. The molecule has 4 nitrogen and oxygen atoms in total. The van der Waals surface area contributed by atoms with Crippen molar-refractivity contribution in [3.05, 3.63) is 0 Å². The summed E-state index contributed by atoms with van der Waals surface area (Å²) in [6, 6.07) is 0. The van der Waals surface area contributed by atoms with Crippen LogP contribution in [0.3, 0.4) is 0 Å². The number of nitrogens with zero attached hydrogens (tertiary/aromatic N) is 1. The molecule has 1 rings (SSSR count). The number of aliphatic hydroxyl groups is 1. The molecule has 0 atom stereocenters. The topological polar surface area (TPSA) is 57.6 Å². The van der Waals surface area contributed by atoms with Gasteiger partial charge in [0.25, 0.3) is 0 Å². The Labute approximate surface area is 98.7 Å². The van der Waals surface area contributed by atoms with E-state index in [0.29, 0.717) is 31.8 Å². The highest BCUT2D eigenvalue weighted by molar-refractivity contribution is 7.89. The molecule has 0 aromatic carbocycles. The van der Waals surface area contributed by atoms with Crippen LogP contribution in [0.2, 0.25) is 0 Å². The number of hydrogen-bond donors (Lipinski definition) is 1. The normalized spacial score (nSPS) is 17.7. The first-order valence-corrected chi connectivity index (χ1v) is 7.79. The van der Waals surface area contributed by atoms with E-state index in [4.69, 9.17) is 5.11 Å². The van der Waals surface area contributed by atoms with E-state index in [2.05, 4.69) is 0 Å². The van der Waals surface area contributed by atoms with Gasteiger partial charge in [-0.1, -0.05) is 13.3 Å². The van der Waals surface area contributed by atoms with Crippen LogP contribution >= 0.6 is 0 Å². The second-order valence-electron chi connectivity index (χ2n) is 4.49. The standard InChI is InChI=1S/C11H23NO3S/c1-2-12(10-11-6-5-7-11)16(14,15)9-4-3-8-13/h11,13H,2-10H2,1H3. The molecule has 1 N–H and O–H groups in total. The third-order valence-corrected chi connectivity index (χ3v) is 5.24. The monoisotopic (exact) mass is 249 g/mol. The van der Waals surface area contributed by atoms with Crippen molar-refractivity contribution in [2.24, 2.45) is 5.92 Å². The lowest BCUT2D eigenvalue weighted by atomic mass is 9.85. The molecule has 1 aliphatic carbocycles. The van der Waals surface area contributed by atoms with E-state index in [1.807, 2.05) is 6.92 Å². The maximum absolute atomic E-state index is 12.0. The number of rotatable bonds is 8. The number of hydrogen-bond acceptors (Lipinski definition) is 3. The zero-order chi connectivity index (χ0) is 12.0. The van der Waals surface area contributed by atoms with Crippen molar-refractivity contribution in [3.63, 3.8) is 0 Å². The predicted octanol–water partition coefficient (Wildman–Crippen LogP) is 1.21. The minimum atomic E-state index is -3.09. The lowest BCUT2D eigenvalue weighted by molar-refractivity contribution is 0.249. The van der Waals surface area contributed by atoms with Crippen LogP contribution in [0.4, 0.5) is 0 Å². The highest BCUT2D eigenvalue weighted by Crippen LogP contribution is 2.27. The summed E-state index contributed by atoms with van der Waals surface area (Å²) < 4.78 is 25.5. The van der Waals surface area contributed by atoms with Crippen molar-refractivity contribution in [3.8, 4) is 0 Å². The highest BCUT2D eigenvalue weighted by atomic mass is 32.2. The molecule has 0 radical (unpaired) electrons. The summed E-state index contributed by atoms with van der Waals surface area (Å²) in [6.45, 7) is 3.22. The van der Waals surface area contributed by atoms with Gasteiger partial charge in [0.1, 0.15) is 0 Å². The minimum absolute atomic E-state index is 0.0737. The van der Waals surface area contributed by atoms with Gasteiger partial charge in [0, 0.05) is 19.7 Å². The van der Waals surface area contributed by atoms with Gasteiger partial charge in [0.15, 0.2) is 0 Å². The molecular formula is C11H23NO3S. The Kier molecular flexibility index (Phi) is 5.72. The number of aliphatic hydroxyl groups excluding tert-OH is 1. The number of sulfonamides is 1. The first-order valence-electron chi connectivity index (χ1n) is 6.19. The lowest BCUT2D eigenvalue weighted by Gasteiger charge is -2.31. The summed E-state index contributed by atoms with van der Waals surface area (Å²) in [5, 5.41) is 8.64. The predicted molar refractivity (Wildman–Crippen MR) is 64.7 cm³/mol. The van der Waals surface area contributed by atoms with Crippen LogP contribution in [0.5, 0.6) is 0 Å². The second kappa shape index (κ2) is 6.57. The number of unbranched alkanes of at least 4 members (excludes halogenated alkanes) is 1. The van der Waals surface area contributed by atoms with Crippen LogP contribution in [0.25, 0.3) is 0 Å². The third-order valence-electron chi connectivity index (χ3n) is 3.24. The summed E-state index contributed by atoms with van der Waals surface area (Å²) in [7, 11) is -3.09. The molecule has 1 fully saturated rings. The van der Waals surface area contributed by atoms with Crippen LogP contribution in [-0.2, 0) is 10.0 Å². The first-order chi connectivity index (χ1) is 7.60. The lowest BCUT2D eigenvalue weighted by Crippen LogP contribution is -2.38. The Hall–Kier alpha value is -0.130. The van der Waals surface area contributed by atoms with Crippen LogP contribution in [0, 0.1) is 5.92 Å². The second-order valence-corrected chi connectivity index (χ2v) is 6.58. The molecule has 0 aromatic rings.